The van der Waals surface area contributed by atoms with Gasteiger partial charge in [-0.3, -0.25) is 9.69 Å². The van der Waals surface area contributed by atoms with Crippen LogP contribution >= 0.6 is 0 Å². The zero-order valence-electron chi connectivity index (χ0n) is 15.7. The lowest BCUT2D eigenvalue weighted by Gasteiger charge is -2.12. The predicted molar refractivity (Wildman–Crippen MR) is 97.8 cm³/mol. The predicted octanol–water partition coefficient (Wildman–Crippen LogP) is 0.568. The fraction of sp³-hybridized carbons (Fsp3) is 0.471. The van der Waals surface area contributed by atoms with E-state index in [9.17, 15) is 9.59 Å². The maximum atomic E-state index is 11.8. The number of rotatable bonds is 7. The molecule has 1 saturated heterocycles. The number of aromatic nitrogens is 4. The van der Waals surface area contributed by atoms with Crippen molar-refractivity contribution < 1.29 is 14.3 Å². The molecule has 0 atom stereocenters. The molecule has 10 nitrogen and oxygen atoms in total. The first-order valence-electron chi connectivity index (χ1n) is 8.75. The van der Waals surface area contributed by atoms with Crippen molar-refractivity contribution in [1.29, 1.82) is 0 Å². The molecule has 1 aliphatic rings. The van der Waals surface area contributed by atoms with Crippen molar-refractivity contribution >= 4 is 17.8 Å². The Morgan fingerprint density at radius 1 is 1.22 bits per heavy atom. The summed E-state index contributed by atoms with van der Waals surface area (Å²) < 4.78 is 6.55. The Bertz CT molecular complexity index is 832. The Kier molecular flexibility index (Phi) is 5.53. The molecule has 10 heteroatoms. The summed E-state index contributed by atoms with van der Waals surface area (Å²) in [5.41, 5.74) is 3.14. The molecule has 2 amide bonds. The SMILES string of the molecule is Cc1nn(-c2ccc(NCCNC(=O)CN3CCOC3=O)nn2)c(C)c1C. The van der Waals surface area contributed by atoms with Crippen LogP contribution in [0.3, 0.4) is 0 Å². The van der Waals surface area contributed by atoms with E-state index >= 15 is 0 Å². The van der Waals surface area contributed by atoms with Gasteiger partial charge in [0, 0.05) is 18.8 Å². The number of carbonyl (C=O) groups is 2. The minimum atomic E-state index is -0.448. The van der Waals surface area contributed by atoms with Gasteiger partial charge in [-0.25, -0.2) is 9.48 Å². The summed E-state index contributed by atoms with van der Waals surface area (Å²) in [5.74, 6) is 1.03. The van der Waals surface area contributed by atoms with Crippen LogP contribution in [0.5, 0.6) is 0 Å². The summed E-state index contributed by atoms with van der Waals surface area (Å²) in [7, 11) is 0. The monoisotopic (exact) mass is 373 g/mol. The molecule has 0 saturated carbocycles. The fourth-order valence-corrected chi connectivity index (χ4v) is 2.67. The van der Waals surface area contributed by atoms with Gasteiger partial charge >= 0.3 is 6.09 Å². The second kappa shape index (κ2) is 8.02. The average molecular weight is 373 g/mol. The van der Waals surface area contributed by atoms with Crippen molar-refractivity contribution in [3.8, 4) is 5.82 Å². The van der Waals surface area contributed by atoms with Gasteiger partial charge in [0.05, 0.1) is 12.2 Å². The lowest BCUT2D eigenvalue weighted by atomic mass is 10.2. The van der Waals surface area contributed by atoms with E-state index in [1.54, 1.807) is 4.68 Å². The first-order valence-corrected chi connectivity index (χ1v) is 8.75. The van der Waals surface area contributed by atoms with Crippen LogP contribution in [0.1, 0.15) is 17.0 Å². The van der Waals surface area contributed by atoms with E-state index in [0.29, 0.717) is 37.9 Å². The molecule has 0 spiro atoms. The Morgan fingerprint density at radius 2 is 2.04 bits per heavy atom. The standard InChI is InChI=1S/C17H23N7O3/c1-11-12(2)22-24(13(11)3)15-5-4-14(20-21-15)18-6-7-19-16(25)10-23-8-9-27-17(23)26/h4-5H,6-10H2,1-3H3,(H,18,20)(H,19,25). The Labute approximate surface area is 156 Å². The average Bonchev–Trinajstić information content (AvgIpc) is 3.17. The number of amides is 2. The van der Waals surface area contributed by atoms with Gasteiger partial charge in [-0.15, -0.1) is 10.2 Å². The van der Waals surface area contributed by atoms with Crippen LogP contribution in [0.4, 0.5) is 10.6 Å². The zero-order chi connectivity index (χ0) is 19.4. The van der Waals surface area contributed by atoms with Gasteiger partial charge in [0.2, 0.25) is 5.91 Å². The molecule has 3 rings (SSSR count). The van der Waals surface area contributed by atoms with Crippen LogP contribution in [0.15, 0.2) is 12.1 Å². The highest BCUT2D eigenvalue weighted by Crippen LogP contribution is 2.15. The second-order valence-corrected chi connectivity index (χ2v) is 6.30. The van der Waals surface area contributed by atoms with Gasteiger partial charge in [-0.05, 0) is 38.5 Å². The molecule has 0 bridgehead atoms. The molecule has 27 heavy (non-hydrogen) atoms. The van der Waals surface area contributed by atoms with E-state index < -0.39 is 6.09 Å². The summed E-state index contributed by atoms with van der Waals surface area (Å²) >= 11 is 0. The highest BCUT2D eigenvalue weighted by Gasteiger charge is 2.23. The maximum absolute atomic E-state index is 11.8. The van der Waals surface area contributed by atoms with Gasteiger partial charge < -0.3 is 15.4 Å². The number of nitrogens with zero attached hydrogens (tertiary/aromatic N) is 5. The summed E-state index contributed by atoms with van der Waals surface area (Å²) in [5, 5.41) is 18.6. The molecule has 0 radical (unpaired) electrons. The molecule has 2 N–H and O–H groups in total. The van der Waals surface area contributed by atoms with Gasteiger partial charge in [-0.1, -0.05) is 0 Å². The number of ether oxygens (including phenoxy) is 1. The first kappa shape index (κ1) is 18.6. The Hall–Kier alpha value is -3.17. The van der Waals surface area contributed by atoms with Gasteiger partial charge in [0.1, 0.15) is 19.0 Å². The minimum Gasteiger partial charge on any atom is -0.448 e. The molecule has 1 aliphatic heterocycles. The fourth-order valence-electron chi connectivity index (χ4n) is 2.67. The molecular weight excluding hydrogens is 350 g/mol. The molecular formula is C17H23N7O3. The number of carbonyl (C=O) groups excluding carboxylic acids is 2. The van der Waals surface area contributed by atoms with Crippen LogP contribution in [0.25, 0.3) is 5.82 Å². The van der Waals surface area contributed by atoms with Crippen LogP contribution in [-0.2, 0) is 9.53 Å². The lowest BCUT2D eigenvalue weighted by molar-refractivity contribution is -0.121. The van der Waals surface area contributed by atoms with E-state index in [0.717, 1.165) is 17.0 Å². The van der Waals surface area contributed by atoms with E-state index in [1.807, 2.05) is 32.9 Å². The van der Waals surface area contributed by atoms with Crippen LogP contribution in [-0.4, -0.2) is 69.7 Å². The lowest BCUT2D eigenvalue weighted by Crippen LogP contribution is -2.39. The zero-order valence-corrected chi connectivity index (χ0v) is 15.7. The molecule has 0 aliphatic carbocycles. The van der Waals surface area contributed by atoms with Crippen molar-refractivity contribution in [3.63, 3.8) is 0 Å². The Balaban J connectivity index is 1.44. The van der Waals surface area contributed by atoms with Gasteiger partial charge in [0.25, 0.3) is 0 Å². The minimum absolute atomic E-state index is 0.00932. The van der Waals surface area contributed by atoms with Crippen molar-refractivity contribution in [2.75, 3.05) is 38.1 Å². The van der Waals surface area contributed by atoms with Gasteiger partial charge in [0.15, 0.2) is 5.82 Å². The highest BCUT2D eigenvalue weighted by atomic mass is 16.6. The molecule has 3 heterocycles. The van der Waals surface area contributed by atoms with Crippen molar-refractivity contribution in [2.45, 2.75) is 20.8 Å². The van der Waals surface area contributed by atoms with Crippen molar-refractivity contribution in [2.24, 2.45) is 0 Å². The van der Waals surface area contributed by atoms with E-state index in [2.05, 4.69) is 25.9 Å². The molecule has 144 valence electrons. The topological polar surface area (TPSA) is 114 Å². The summed E-state index contributed by atoms with van der Waals surface area (Å²) in [6.07, 6.45) is -0.448. The highest BCUT2D eigenvalue weighted by molar-refractivity contribution is 5.82. The summed E-state index contributed by atoms with van der Waals surface area (Å²) in [4.78, 5) is 24.4. The third kappa shape index (κ3) is 4.33. The number of anilines is 1. The maximum Gasteiger partial charge on any atom is 0.410 e. The number of cyclic esters (lactones) is 1. The number of aryl methyl sites for hydroxylation is 1. The van der Waals surface area contributed by atoms with Crippen LogP contribution in [0.2, 0.25) is 0 Å². The smallest absolute Gasteiger partial charge is 0.410 e. The normalized spacial score (nSPS) is 13.6. The largest absolute Gasteiger partial charge is 0.448 e. The van der Waals surface area contributed by atoms with Crippen molar-refractivity contribution in [3.05, 3.63) is 29.1 Å². The quantitative estimate of drug-likeness (QED) is 0.682. The third-order valence-corrected chi connectivity index (χ3v) is 4.45. The van der Waals surface area contributed by atoms with Gasteiger partial charge in [-0.2, -0.15) is 5.10 Å². The van der Waals surface area contributed by atoms with E-state index in [4.69, 9.17) is 4.74 Å². The number of hydrogen-bond acceptors (Lipinski definition) is 7. The summed E-state index contributed by atoms with van der Waals surface area (Å²) in [6, 6.07) is 3.65. The third-order valence-electron chi connectivity index (χ3n) is 4.45. The molecule has 1 fully saturated rings. The summed E-state index contributed by atoms with van der Waals surface area (Å²) in [6.45, 7) is 7.66. The Morgan fingerprint density at radius 3 is 2.63 bits per heavy atom. The van der Waals surface area contributed by atoms with E-state index in [1.165, 1.54) is 4.90 Å². The van der Waals surface area contributed by atoms with Crippen molar-refractivity contribution in [1.82, 2.24) is 30.2 Å². The number of hydrogen-bond donors (Lipinski definition) is 2. The molecule has 0 aromatic carbocycles. The number of nitrogens with one attached hydrogen (secondary N) is 2. The van der Waals surface area contributed by atoms with E-state index in [-0.39, 0.29) is 12.5 Å². The molecule has 0 unspecified atom stereocenters. The van der Waals surface area contributed by atoms with Crippen LogP contribution < -0.4 is 10.6 Å². The molecule has 2 aromatic heterocycles. The molecule has 2 aromatic rings. The second-order valence-electron chi connectivity index (χ2n) is 6.30. The van der Waals surface area contributed by atoms with Crippen LogP contribution in [0, 0.1) is 20.8 Å². The first-order chi connectivity index (χ1) is 13.0.